The zero-order chi connectivity index (χ0) is 13.9. The Kier molecular flexibility index (Phi) is 3.90. The number of nitrogens with zero attached hydrogens (tertiary/aromatic N) is 1. The van der Waals surface area contributed by atoms with Crippen LogP contribution in [0, 0.1) is 17.8 Å². The third kappa shape index (κ3) is 2.65. The van der Waals surface area contributed by atoms with E-state index in [-0.39, 0.29) is 5.91 Å². The minimum absolute atomic E-state index is 0.00294. The van der Waals surface area contributed by atoms with Crippen LogP contribution in [-0.2, 0) is 0 Å². The summed E-state index contributed by atoms with van der Waals surface area (Å²) in [6, 6.07) is 1.86. The first-order valence-corrected chi connectivity index (χ1v) is 7.74. The highest BCUT2D eigenvalue weighted by Gasteiger charge is 2.39. The molecule has 4 nitrogen and oxygen atoms in total. The van der Waals surface area contributed by atoms with E-state index in [1.54, 1.807) is 12.4 Å². The molecule has 0 saturated heterocycles. The van der Waals surface area contributed by atoms with Crippen LogP contribution >= 0.6 is 0 Å². The predicted molar refractivity (Wildman–Crippen MR) is 79.7 cm³/mol. The lowest BCUT2D eigenvalue weighted by atomic mass is 9.89. The maximum atomic E-state index is 12.3. The number of fused-ring (bicyclic) bond motifs is 2. The maximum absolute atomic E-state index is 12.3. The van der Waals surface area contributed by atoms with Crippen LogP contribution in [0.3, 0.4) is 0 Å². The summed E-state index contributed by atoms with van der Waals surface area (Å²) in [6.07, 6.45) is 8.82. The number of anilines is 1. The molecule has 0 radical (unpaired) electrons. The van der Waals surface area contributed by atoms with Crippen LogP contribution in [0.1, 0.15) is 43.0 Å². The van der Waals surface area contributed by atoms with E-state index in [0.29, 0.717) is 11.5 Å². The number of rotatable bonds is 5. The average molecular weight is 273 g/mol. The maximum Gasteiger partial charge on any atom is 0.254 e. The largest absolute Gasteiger partial charge is 0.385 e. The highest BCUT2D eigenvalue weighted by Crippen LogP contribution is 2.47. The average Bonchev–Trinajstić information content (AvgIpc) is 3.08. The van der Waals surface area contributed by atoms with Crippen molar-refractivity contribution in [3.8, 4) is 0 Å². The van der Waals surface area contributed by atoms with Gasteiger partial charge in [0.25, 0.3) is 5.91 Å². The minimum atomic E-state index is -0.00294. The molecule has 1 amide bonds. The first-order valence-electron chi connectivity index (χ1n) is 7.74. The molecule has 4 heteroatoms. The van der Waals surface area contributed by atoms with Crippen molar-refractivity contribution in [2.45, 2.75) is 32.6 Å². The van der Waals surface area contributed by atoms with Crippen molar-refractivity contribution in [2.75, 3.05) is 18.4 Å². The van der Waals surface area contributed by atoms with E-state index in [1.165, 1.54) is 25.7 Å². The van der Waals surface area contributed by atoms with Crippen molar-refractivity contribution in [3.63, 3.8) is 0 Å². The van der Waals surface area contributed by atoms with Gasteiger partial charge in [-0.05, 0) is 50.0 Å². The Balaban J connectivity index is 1.59. The van der Waals surface area contributed by atoms with Gasteiger partial charge in [-0.15, -0.1) is 0 Å². The molecule has 1 heterocycles. The summed E-state index contributed by atoms with van der Waals surface area (Å²) in [4.78, 5) is 16.4. The molecule has 0 aliphatic heterocycles. The molecule has 2 fully saturated rings. The van der Waals surface area contributed by atoms with Crippen LogP contribution in [-0.4, -0.2) is 24.0 Å². The van der Waals surface area contributed by atoms with Crippen molar-refractivity contribution in [1.82, 2.24) is 10.3 Å². The molecule has 2 saturated carbocycles. The number of pyridine rings is 1. The molecular weight excluding hydrogens is 250 g/mol. The fraction of sp³-hybridized carbons (Fsp3) is 0.625. The molecule has 0 aromatic carbocycles. The molecular formula is C16H23N3O. The normalized spacial score (nSPS) is 27.6. The zero-order valence-electron chi connectivity index (χ0n) is 12.1. The minimum Gasteiger partial charge on any atom is -0.385 e. The van der Waals surface area contributed by atoms with Gasteiger partial charge in [-0.25, -0.2) is 0 Å². The Morgan fingerprint density at radius 1 is 1.40 bits per heavy atom. The van der Waals surface area contributed by atoms with Gasteiger partial charge in [-0.3, -0.25) is 9.78 Å². The summed E-state index contributed by atoms with van der Waals surface area (Å²) in [5, 5.41) is 6.32. The Morgan fingerprint density at radius 3 is 3.00 bits per heavy atom. The predicted octanol–water partition coefficient (Wildman–Crippen LogP) is 2.68. The summed E-state index contributed by atoms with van der Waals surface area (Å²) < 4.78 is 0. The number of amides is 1. The van der Waals surface area contributed by atoms with E-state index >= 15 is 0 Å². The van der Waals surface area contributed by atoms with Gasteiger partial charge in [0.05, 0.1) is 11.3 Å². The SMILES string of the molecule is CCNc1ccncc1C(=O)NCC1CC2CCC1C2. The van der Waals surface area contributed by atoms with Gasteiger partial charge < -0.3 is 10.6 Å². The van der Waals surface area contributed by atoms with Gasteiger partial charge in [-0.2, -0.15) is 0 Å². The molecule has 3 unspecified atom stereocenters. The highest BCUT2D eigenvalue weighted by atomic mass is 16.1. The Hall–Kier alpha value is -1.58. The van der Waals surface area contributed by atoms with Gasteiger partial charge >= 0.3 is 0 Å². The standard InChI is InChI=1S/C16H23N3O/c1-2-18-15-5-6-17-10-14(15)16(20)19-9-13-8-11-3-4-12(13)7-11/h5-6,10-13H,2-4,7-9H2,1H3,(H,17,18)(H,19,20). The van der Waals surface area contributed by atoms with Crippen LogP contribution in [0.25, 0.3) is 0 Å². The molecule has 3 rings (SSSR count). The van der Waals surface area contributed by atoms with Gasteiger partial charge in [0.2, 0.25) is 0 Å². The molecule has 108 valence electrons. The zero-order valence-corrected chi connectivity index (χ0v) is 12.1. The third-order valence-corrected chi connectivity index (χ3v) is 4.84. The Morgan fingerprint density at radius 2 is 2.30 bits per heavy atom. The number of carbonyl (C=O) groups excluding carboxylic acids is 1. The lowest BCUT2D eigenvalue weighted by molar-refractivity contribution is 0.0942. The fourth-order valence-corrected chi connectivity index (χ4v) is 3.87. The van der Waals surface area contributed by atoms with Crippen LogP contribution < -0.4 is 10.6 Å². The number of hydrogen-bond acceptors (Lipinski definition) is 3. The summed E-state index contributed by atoms with van der Waals surface area (Å²) in [7, 11) is 0. The molecule has 2 bridgehead atoms. The van der Waals surface area contributed by atoms with Crippen LogP contribution in [0.5, 0.6) is 0 Å². The van der Waals surface area contributed by atoms with E-state index in [1.807, 2.05) is 13.0 Å². The van der Waals surface area contributed by atoms with Crippen molar-refractivity contribution in [1.29, 1.82) is 0 Å². The van der Waals surface area contributed by atoms with Gasteiger partial charge in [0, 0.05) is 25.5 Å². The molecule has 20 heavy (non-hydrogen) atoms. The fourth-order valence-electron chi connectivity index (χ4n) is 3.87. The van der Waals surface area contributed by atoms with Gasteiger partial charge in [0.1, 0.15) is 0 Å². The molecule has 3 atom stereocenters. The quantitative estimate of drug-likeness (QED) is 0.867. The monoisotopic (exact) mass is 273 g/mol. The lowest BCUT2D eigenvalue weighted by Crippen LogP contribution is -2.32. The van der Waals surface area contributed by atoms with Crippen molar-refractivity contribution >= 4 is 11.6 Å². The Labute approximate surface area is 120 Å². The number of aromatic nitrogens is 1. The van der Waals surface area contributed by atoms with Crippen molar-refractivity contribution < 1.29 is 4.79 Å². The van der Waals surface area contributed by atoms with Crippen molar-refractivity contribution in [2.24, 2.45) is 17.8 Å². The molecule has 2 aliphatic carbocycles. The van der Waals surface area contributed by atoms with E-state index in [2.05, 4.69) is 15.6 Å². The second kappa shape index (κ2) is 5.81. The number of nitrogens with one attached hydrogen (secondary N) is 2. The summed E-state index contributed by atoms with van der Waals surface area (Å²) in [5.41, 5.74) is 1.52. The first kappa shape index (κ1) is 13.4. The van der Waals surface area contributed by atoms with E-state index in [0.717, 1.165) is 30.6 Å². The summed E-state index contributed by atoms with van der Waals surface area (Å²) in [5.74, 6) is 2.47. The third-order valence-electron chi connectivity index (χ3n) is 4.84. The second-order valence-corrected chi connectivity index (χ2v) is 6.10. The highest BCUT2D eigenvalue weighted by molar-refractivity contribution is 5.99. The number of carbonyl (C=O) groups is 1. The summed E-state index contributed by atoms with van der Waals surface area (Å²) >= 11 is 0. The molecule has 1 aromatic heterocycles. The van der Waals surface area contributed by atoms with Crippen LogP contribution in [0.15, 0.2) is 18.5 Å². The second-order valence-electron chi connectivity index (χ2n) is 6.10. The summed E-state index contributed by atoms with van der Waals surface area (Å²) in [6.45, 7) is 3.65. The first-order chi connectivity index (χ1) is 9.78. The number of hydrogen-bond donors (Lipinski definition) is 2. The molecule has 2 aliphatic rings. The van der Waals surface area contributed by atoms with Gasteiger partial charge in [0.15, 0.2) is 0 Å². The van der Waals surface area contributed by atoms with Crippen LogP contribution in [0.4, 0.5) is 5.69 Å². The van der Waals surface area contributed by atoms with E-state index in [9.17, 15) is 4.79 Å². The van der Waals surface area contributed by atoms with E-state index < -0.39 is 0 Å². The van der Waals surface area contributed by atoms with Crippen molar-refractivity contribution in [3.05, 3.63) is 24.0 Å². The topological polar surface area (TPSA) is 54.0 Å². The smallest absolute Gasteiger partial charge is 0.254 e. The van der Waals surface area contributed by atoms with Crippen LogP contribution in [0.2, 0.25) is 0 Å². The molecule has 2 N–H and O–H groups in total. The lowest BCUT2D eigenvalue weighted by Gasteiger charge is -2.22. The van der Waals surface area contributed by atoms with E-state index in [4.69, 9.17) is 0 Å². The Bertz CT molecular complexity index is 488. The van der Waals surface area contributed by atoms with Gasteiger partial charge in [-0.1, -0.05) is 6.42 Å². The molecule has 1 aromatic rings. The molecule has 0 spiro atoms.